The molecule has 1 aliphatic heterocycles. The third-order valence-corrected chi connectivity index (χ3v) is 7.03. The van der Waals surface area contributed by atoms with E-state index in [2.05, 4.69) is 78.5 Å². The van der Waals surface area contributed by atoms with Gasteiger partial charge in [0.2, 0.25) is 0 Å². The molecule has 1 aromatic heterocycles. The van der Waals surface area contributed by atoms with Gasteiger partial charge >= 0.3 is 0 Å². The standard InChI is InChI=1S/C30H41N3O3/c1-23(2)29-31-14-17-33(29)18-19-35-27-9-7-26(8-10-27)21-32-15-5-12-30(34,13-16-32)22-36-28-11-6-24(3)20-25(28)4/h6-11,14,17,20,23,34H,5,12-13,15-16,18-19,21-22H2,1-4H3/t30-/m0/s1. The molecule has 0 radical (unpaired) electrons. The Labute approximate surface area is 215 Å². The Hall–Kier alpha value is -2.83. The highest BCUT2D eigenvalue weighted by Gasteiger charge is 2.31. The van der Waals surface area contributed by atoms with Gasteiger partial charge < -0.3 is 19.1 Å². The number of hydrogen-bond acceptors (Lipinski definition) is 5. The smallest absolute Gasteiger partial charge is 0.122 e. The molecule has 0 amide bonds. The quantitative estimate of drug-likeness (QED) is 0.406. The van der Waals surface area contributed by atoms with Gasteiger partial charge in [-0.15, -0.1) is 0 Å². The van der Waals surface area contributed by atoms with Gasteiger partial charge in [-0.1, -0.05) is 43.7 Å². The highest BCUT2D eigenvalue weighted by Crippen LogP contribution is 2.27. The van der Waals surface area contributed by atoms with Crippen molar-refractivity contribution in [2.24, 2.45) is 0 Å². The van der Waals surface area contributed by atoms with Crippen molar-refractivity contribution in [3.05, 3.63) is 77.4 Å². The molecule has 1 saturated heterocycles. The highest BCUT2D eigenvalue weighted by molar-refractivity contribution is 5.35. The Kier molecular flexibility index (Phi) is 8.70. The lowest BCUT2D eigenvalue weighted by Gasteiger charge is -2.27. The van der Waals surface area contributed by atoms with Crippen molar-refractivity contribution in [3.63, 3.8) is 0 Å². The average Bonchev–Trinajstić information content (AvgIpc) is 3.24. The highest BCUT2D eigenvalue weighted by atomic mass is 16.5. The predicted molar refractivity (Wildman–Crippen MR) is 144 cm³/mol. The SMILES string of the molecule is Cc1ccc(OC[C@]2(O)CCCN(Cc3ccc(OCCn4ccnc4C(C)C)cc3)CC2)c(C)c1. The van der Waals surface area contributed by atoms with Crippen molar-refractivity contribution < 1.29 is 14.6 Å². The zero-order valence-electron chi connectivity index (χ0n) is 22.2. The maximum absolute atomic E-state index is 11.2. The lowest BCUT2D eigenvalue weighted by Crippen LogP contribution is -2.37. The molecule has 1 N–H and O–H groups in total. The van der Waals surface area contributed by atoms with Gasteiger partial charge in [-0.25, -0.2) is 4.98 Å². The Balaban J connectivity index is 1.23. The molecule has 194 valence electrons. The number of aromatic nitrogens is 2. The molecule has 36 heavy (non-hydrogen) atoms. The van der Waals surface area contributed by atoms with E-state index < -0.39 is 5.60 Å². The number of aliphatic hydroxyl groups is 1. The molecular formula is C30H41N3O3. The second-order valence-electron chi connectivity index (χ2n) is 10.5. The van der Waals surface area contributed by atoms with E-state index in [4.69, 9.17) is 9.47 Å². The molecule has 0 unspecified atom stereocenters. The second-order valence-corrected chi connectivity index (χ2v) is 10.5. The normalized spacial score (nSPS) is 18.8. The second kappa shape index (κ2) is 11.9. The van der Waals surface area contributed by atoms with Gasteiger partial charge in [-0.05, 0) is 69.0 Å². The van der Waals surface area contributed by atoms with Crippen LogP contribution in [0.15, 0.2) is 54.9 Å². The third-order valence-electron chi connectivity index (χ3n) is 7.03. The van der Waals surface area contributed by atoms with Crippen LogP contribution in [-0.2, 0) is 13.1 Å². The Morgan fingerprint density at radius 3 is 2.58 bits per heavy atom. The molecule has 4 rings (SSSR count). The number of aryl methyl sites for hydroxylation is 2. The monoisotopic (exact) mass is 491 g/mol. The lowest BCUT2D eigenvalue weighted by atomic mass is 9.96. The molecule has 0 bridgehead atoms. The Bertz CT molecular complexity index is 1110. The molecule has 0 spiro atoms. The maximum Gasteiger partial charge on any atom is 0.122 e. The van der Waals surface area contributed by atoms with Crippen molar-refractivity contribution in [2.45, 2.75) is 71.6 Å². The van der Waals surface area contributed by atoms with Gasteiger partial charge in [-0.3, -0.25) is 4.90 Å². The molecule has 6 nitrogen and oxygen atoms in total. The van der Waals surface area contributed by atoms with Gasteiger partial charge in [0.25, 0.3) is 0 Å². The van der Waals surface area contributed by atoms with Gasteiger partial charge in [-0.2, -0.15) is 0 Å². The van der Waals surface area contributed by atoms with Crippen molar-refractivity contribution >= 4 is 0 Å². The van der Waals surface area contributed by atoms with E-state index in [1.165, 1.54) is 11.1 Å². The lowest BCUT2D eigenvalue weighted by molar-refractivity contribution is -0.0170. The molecule has 1 aliphatic rings. The van der Waals surface area contributed by atoms with Crippen LogP contribution in [-0.4, -0.2) is 51.5 Å². The summed E-state index contributed by atoms with van der Waals surface area (Å²) < 4.78 is 14.2. The van der Waals surface area contributed by atoms with E-state index in [1.807, 2.05) is 18.5 Å². The van der Waals surface area contributed by atoms with Crippen LogP contribution in [0.3, 0.4) is 0 Å². The maximum atomic E-state index is 11.2. The number of nitrogens with zero attached hydrogens (tertiary/aromatic N) is 3. The van der Waals surface area contributed by atoms with Gasteiger partial charge in [0.1, 0.15) is 30.5 Å². The number of rotatable bonds is 10. The summed E-state index contributed by atoms with van der Waals surface area (Å²) in [6, 6.07) is 14.6. The van der Waals surface area contributed by atoms with Crippen LogP contribution < -0.4 is 9.47 Å². The first-order chi connectivity index (χ1) is 17.3. The van der Waals surface area contributed by atoms with Crippen molar-refractivity contribution in [1.29, 1.82) is 0 Å². The Morgan fingerprint density at radius 2 is 1.83 bits per heavy atom. The van der Waals surface area contributed by atoms with Crippen molar-refractivity contribution in [2.75, 3.05) is 26.3 Å². The molecule has 2 aromatic carbocycles. The van der Waals surface area contributed by atoms with Crippen LogP contribution in [0.2, 0.25) is 0 Å². The summed E-state index contributed by atoms with van der Waals surface area (Å²) in [6.45, 7) is 12.9. The van der Waals surface area contributed by atoms with Crippen LogP contribution >= 0.6 is 0 Å². The van der Waals surface area contributed by atoms with Crippen LogP contribution in [0, 0.1) is 13.8 Å². The summed E-state index contributed by atoms with van der Waals surface area (Å²) in [7, 11) is 0. The van der Waals surface area contributed by atoms with Gasteiger partial charge in [0.15, 0.2) is 0 Å². The topological polar surface area (TPSA) is 59.8 Å². The van der Waals surface area contributed by atoms with Crippen LogP contribution in [0.5, 0.6) is 11.5 Å². The molecule has 0 aliphatic carbocycles. The zero-order valence-corrected chi connectivity index (χ0v) is 22.2. The van der Waals surface area contributed by atoms with E-state index in [0.717, 1.165) is 61.9 Å². The Morgan fingerprint density at radius 1 is 1.03 bits per heavy atom. The van der Waals surface area contributed by atoms with E-state index in [1.54, 1.807) is 0 Å². The minimum atomic E-state index is -0.783. The number of likely N-dealkylation sites (tertiary alicyclic amines) is 1. The summed E-state index contributed by atoms with van der Waals surface area (Å²) >= 11 is 0. The molecular weight excluding hydrogens is 450 g/mol. The molecule has 2 heterocycles. The summed E-state index contributed by atoms with van der Waals surface area (Å²) in [5.74, 6) is 3.25. The van der Waals surface area contributed by atoms with E-state index >= 15 is 0 Å². The van der Waals surface area contributed by atoms with Crippen LogP contribution in [0.1, 0.15) is 61.5 Å². The van der Waals surface area contributed by atoms with Crippen molar-refractivity contribution in [1.82, 2.24) is 14.5 Å². The molecule has 0 saturated carbocycles. The van der Waals surface area contributed by atoms with Gasteiger partial charge in [0.05, 0.1) is 12.1 Å². The first-order valence-electron chi connectivity index (χ1n) is 13.2. The van der Waals surface area contributed by atoms with Crippen LogP contribution in [0.4, 0.5) is 0 Å². The summed E-state index contributed by atoms with van der Waals surface area (Å²) in [5, 5.41) is 11.2. The molecule has 3 aromatic rings. The van der Waals surface area contributed by atoms with E-state index in [-0.39, 0.29) is 0 Å². The average molecular weight is 492 g/mol. The first kappa shape index (κ1) is 26.2. The minimum absolute atomic E-state index is 0.342. The zero-order chi connectivity index (χ0) is 25.5. The number of hydrogen-bond donors (Lipinski definition) is 1. The minimum Gasteiger partial charge on any atom is -0.492 e. The first-order valence-corrected chi connectivity index (χ1v) is 13.2. The molecule has 6 heteroatoms. The summed E-state index contributed by atoms with van der Waals surface area (Å²) in [5.41, 5.74) is 2.81. The number of ether oxygens (including phenoxy) is 2. The fourth-order valence-electron chi connectivity index (χ4n) is 4.93. The van der Waals surface area contributed by atoms with E-state index in [0.29, 0.717) is 25.6 Å². The van der Waals surface area contributed by atoms with Crippen LogP contribution in [0.25, 0.3) is 0 Å². The summed E-state index contributed by atoms with van der Waals surface area (Å²) in [4.78, 5) is 6.86. The molecule has 1 atom stereocenters. The van der Waals surface area contributed by atoms with Gasteiger partial charge in [0, 0.05) is 31.4 Å². The largest absolute Gasteiger partial charge is 0.492 e. The molecule has 1 fully saturated rings. The summed E-state index contributed by atoms with van der Waals surface area (Å²) in [6.07, 6.45) is 6.30. The fourth-order valence-corrected chi connectivity index (χ4v) is 4.93. The van der Waals surface area contributed by atoms with E-state index in [9.17, 15) is 5.11 Å². The fraction of sp³-hybridized carbons (Fsp3) is 0.500. The third kappa shape index (κ3) is 7.11. The number of benzene rings is 2. The number of imidazole rings is 1. The van der Waals surface area contributed by atoms with Crippen molar-refractivity contribution in [3.8, 4) is 11.5 Å². The predicted octanol–water partition coefficient (Wildman–Crippen LogP) is 5.50.